The van der Waals surface area contributed by atoms with E-state index in [1.807, 2.05) is 25.1 Å². The molecule has 1 aliphatic heterocycles. The number of aromatic amines is 1. The van der Waals surface area contributed by atoms with Crippen LogP contribution in [0.2, 0.25) is 0 Å². The monoisotopic (exact) mass is 244 g/mol. The van der Waals surface area contributed by atoms with E-state index in [-0.39, 0.29) is 11.8 Å². The zero-order chi connectivity index (χ0) is 12.5. The van der Waals surface area contributed by atoms with Gasteiger partial charge >= 0.3 is 0 Å². The highest BCUT2D eigenvalue weighted by molar-refractivity contribution is 6.01. The van der Waals surface area contributed by atoms with Crippen LogP contribution in [0.1, 0.15) is 6.92 Å². The second-order valence-corrected chi connectivity index (χ2v) is 4.83. The van der Waals surface area contributed by atoms with Crippen LogP contribution in [0.15, 0.2) is 24.4 Å². The van der Waals surface area contributed by atoms with E-state index >= 15 is 0 Å². The zero-order valence-electron chi connectivity index (χ0n) is 10.2. The molecule has 18 heavy (non-hydrogen) atoms. The Morgan fingerprint density at radius 3 is 3.06 bits per heavy atom. The number of hydrogen-bond donors (Lipinski definition) is 3. The number of nitrogens with one attached hydrogen (secondary N) is 3. The molecule has 1 unspecified atom stereocenters. The number of nitrogens with zero attached hydrogens (tertiary/aromatic N) is 1. The Hall–Kier alpha value is -1.88. The van der Waals surface area contributed by atoms with E-state index in [1.54, 1.807) is 6.20 Å². The molecule has 1 amide bonds. The topological polar surface area (TPSA) is 69.8 Å². The van der Waals surface area contributed by atoms with E-state index in [9.17, 15) is 4.79 Å². The van der Waals surface area contributed by atoms with Crippen molar-refractivity contribution in [2.75, 3.05) is 18.4 Å². The van der Waals surface area contributed by atoms with Crippen LogP contribution in [-0.4, -0.2) is 29.2 Å². The minimum atomic E-state index is 0.0356. The van der Waals surface area contributed by atoms with Crippen LogP contribution in [0.5, 0.6) is 0 Å². The number of hydrogen-bond acceptors (Lipinski definition) is 3. The Morgan fingerprint density at radius 2 is 2.33 bits per heavy atom. The highest BCUT2D eigenvalue weighted by atomic mass is 16.1. The van der Waals surface area contributed by atoms with Crippen LogP contribution in [0.4, 0.5) is 5.69 Å². The van der Waals surface area contributed by atoms with E-state index in [1.165, 1.54) is 0 Å². The van der Waals surface area contributed by atoms with Crippen LogP contribution in [0.25, 0.3) is 10.9 Å². The highest BCUT2D eigenvalue weighted by Crippen LogP contribution is 2.23. The number of rotatable bonds is 3. The first-order valence-corrected chi connectivity index (χ1v) is 6.19. The van der Waals surface area contributed by atoms with Crippen molar-refractivity contribution in [3.05, 3.63) is 24.4 Å². The Bertz CT molecular complexity index is 573. The lowest BCUT2D eigenvalue weighted by molar-refractivity contribution is -0.121. The number of carbonyl (C=O) groups excluding carboxylic acids is 1. The standard InChI is InChI=1S/C13H16N4O/c1-8(9-5-14-6-9)13(18)16-11-3-2-4-12-10(11)7-15-17-12/h2-4,7-9,14H,5-6H2,1H3,(H,15,17)(H,16,18). The second-order valence-electron chi connectivity index (χ2n) is 4.83. The van der Waals surface area contributed by atoms with Crippen LogP contribution in [0.3, 0.4) is 0 Å². The van der Waals surface area contributed by atoms with Gasteiger partial charge in [-0.3, -0.25) is 9.89 Å². The average Bonchev–Trinajstić information content (AvgIpc) is 2.75. The van der Waals surface area contributed by atoms with E-state index < -0.39 is 0 Å². The summed E-state index contributed by atoms with van der Waals surface area (Å²) in [6, 6.07) is 5.75. The minimum Gasteiger partial charge on any atom is -0.325 e. The first-order chi connectivity index (χ1) is 8.75. The molecule has 0 saturated carbocycles. The molecule has 0 aliphatic carbocycles. The van der Waals surface area contributed by atoms with Gasteiger partial charge in [0.05, 0.1) is 17.4 Å². The molecule has 1 aromatic carbocycles. The Morgan fingerprint density at radius 1 is 1.50 bits per heavy atom. The molecular formula is C13H16N4O. The van der Waals surface area contributed by atoms with Crippen LogP contribution < -0.4 is 10.6 Å². The smallest absolute Gasteiger partial charge is 0.227 e. The van der Waals surface area contributed by atoms with Gasteiger partial charge in [0.15, 0.2) is 0 Å². The van der Waals surface area contributed by atoms with Gasteiger partial charge in [-0.2, -0.15) is 5.10 Å². The molecule has 1 atom stereocenters. The van der Waals surface area contributed by atoms with E-state index in [2.05, 4.69) is 20.8 Å². The molecule has 2 aromatic rings. The Balaban J connectivity index is 1.79. The summed E-state index contributed by atoms with van der Waals surface area (Å²) < 4.78 is 0. The summed E-state index contributed by atoms with van der Waals surface area (Å²) >= 11 is 0. The molecule has 1 aromatic heterocycles. The lowest BCUT2D eigenvalue weighted by atomic mass is 9.88. The van der Waals surface area contributed by atoms with Crippen LogP contribution in [-0.2, 0) is 4.79 Å². The number of carbonyl (C=O) groups is 1. The van der Waals surface area contributed by atoms with Gasteiger partial charge < -0.3 is 10.6 Å². The molecular weight excluding hydrogens is 228 g/mol. The molecule has 94 valence electrons. The summed E-state index contributed by atoms with van der Waals surface area (Å²) in [4.78, 5) is 12.1. The lowest BCUT2D eigenvalue weighted by Gasteiger charge is -2.31. The van der Waals surface area contributed by atoms with Crippen molar-refractivity contribution in [3.63, 3.8) is 0 Å². The quantitative estimate of drug-likeness (QED) is 0.763. The van der Waals surface area contributed by atoms with E-state index in [4.69, 9.17) is 0 Å². The van der Waals surface area contributed by atoms with Crippen molar-refractivity contribution in [1.29, 1.82) is 0 Å². The molecule has 5 nitrogen and oxygen atoms in total. The number of amides is 1. The predicted octanol–water partition coefficient (Wildman–Crippen LogP) is 1.36. The Labute approximate surface area is 105 Å². The molecule has 1 aliphatic rings. The first kappa shape index (κ1) is 11.2. The molecule has 0 radical (unpaired) electrons. The number of benzene rings is 1. The molecule has 5 heteroatoms. The highest BCUT2D eigenvalue weighted by Gasteiger charge is 2.28. The van der Waals surface area contributed by atoms with Crippen molar-refractivity contribution in [2.45, 2.75) is 6.92 Å². The fraction of sp³-hybridized carbons (Fsp3) is 0.385. The van der Waals surface area contributed by atoms with E-state index in [0.29, 0.717) is 5.92 Å². The van der Waals surface area contributed by atoms with Crippen molar-refractivity contribution < 1.29 is 4.79 Å². The summed E-state index contributed by atoms with van der Waals surface area (Å²) in [7, 11) is 0. The van der Waals surface area contributed by atoms with Gasteiger partial charge in [0.1, 0.15) is 0 Å². The third-order valence-corrected chi connectivity index (χ3v) is 3.68. The minimum absolute atomic E-state index is 0.0356. The fourth-order valence-electron chi connectivity index (χ4n) is 2.20. The van der Waals surface area contributed by atoms with Gasteiger partial charge in [0.25, 0.3) is 0 Å². The molecule has 1 fully saturated rings. The van der Waals surface area contributed by atoms with E-state index in [0.717, 1.165) is 29.7 Å². The van der Waals surface area contributed by atoms with Crippen molar-refractivity contribution >= 4 is 22.5 Å². The summed E-state index contributed by atoms with van der Waals surface area (Å²) in [6.07, 6.45) is 1.74. The van der Waals surface area contributed by atoms with Crippen molar-refractivity contribution in [1.82, 2.24) is 15.5 Å². The van der Waals surface area contributed by atoms with Crippen molar-refractivity contribution in [2.24, 2.45) is 11.8 Å². The molecule has 0 spiro atoms. The number of H-pyrrole nitrogens is 1. The second kappa shape index (κ2) is 4.42. The SMILES string of the molecule is CC(C(=O)Nc1cccc2[nH]ncc12)C1CNC1. The maximum atomic E-state index is 12.1. The van der Waals surface area contributed by atoms with Gasteiger partial charge in [-0.05, 0) is 31.1 Å². The molecule has 3 rings (SSSR count). The third kappa shape index (κ3) is 1.86. The van der Waals surface area contributed by atoms with Crippen LogP contribution in [0, 0.1) is 11.8 Å². The number of anilines is 1. The predicted molar refractivity (Wildman–Crippen MR) is 70.2 cm³/mol. The summed E-state index contributed by atoms with van der Waals surface area (Å²) in [5.74, 6) is 0.567. The van der Waals surface area contributed by atoms with Gasteiger partial charge in [-0.1, -0.05) is 13.0 Å². The van der Waals surface area contributed by atoms with Crippen molar-refractivity contribution in [3.8, 4) is 0 Å². The summed E-state index contributed by atoms with van der Waals surface area (Å²) in [6.45, 7) is 3.85. The number of aromatic nitrogens is 2. The lowest BCUT2D eigenvalue weighted by Crippen LogP contribution is -2.48. The first-order valence-electron chi connectivity index (χ1n) is 6.19. The summed E-state index contributed by atoms with van der Waals surface area (Å²) in [5, 5.41) is 14.0. The number of fused-ring (bicyclic) bond motifs is 1. The summed E-state index contributed by atoms with van der Waals surface area (Å²) in [5.41, 5.74) is 1.76. The Kier molecular flexibility index (Phi) is 2.76. The molecule has 0 bridgehead atoms. The van der Waals surface area contributed by atoms with Gasteiger partial charge in [0, 0.05) is 11.3 Å². The zero-order valence-corrected chi connectivity index (χ0v) is 10.2. The fourth-order valence-corrected chi connectivity index (χ4v) is 2.20. The molecule has 1 saturated heterocycles. The normalized spacial score (nSPS) is 17.4. The largest absolute Gasteiger partial charge is 0.325 e. The average molecular weight is 244 g/mol. The maximum Gasteiger partial charge on any atom is 0.227 e. The van der Waals surface area contributed by atoms with Gasteiger partial charge in [-0.25, -0.2) is 0 Å². The van der Waals surface area contributed by atoms with Gasteiger partial charge in [-0.15, -0.1) is 0 Å². The molecule has 3 N–H and O–H groups in total. The maximum absolute atomic E-state index is 12.1. The van der Waals surface area contributed by atoms with Crippen LogP contribution >= 0.6 is 0 Å². The van der Waals surface area contributed by atoms with Gasteiger partial charge in [0.2, 0.25) is 5.91 Å². The third-order valence-electron chi connectivity index (χ3n) is 3.68. The molecule has 2 heterocycles.